The van der Waals surface area contributed by atoms with Gasteiger partial charge in [-0.05, 0) is 24.8 Å². The highest BCUT2D eigenvalue weighted by atomic mass is 16.5. The number of ketones is 1. The van der Waals surface area contributed by atoms with E-state index in [0.717, 1.165) is 0 Å². The van der Waals surface area contributed by atoms with Crippen molar-refractivity contribution in [2.24, 2.45) is 5.92 Å². The third-order valence-corrected chi connectivity index (χ3v) is 3.41. The van der Waals surface area contributed by atoms with Crippen molar-refractivity contribution < 1.29 is 19.1 Å². The summed E-state index contributed by atoms with van der Waals surface area (Å²) in [7, 11) is 3.03. The monoisotopic (exact) mass is 275 g/mol. The van der Waals surface area contributed by atoms with Crippen LogP contribution in [0.1, 0.15) is 16.8 Å². The molecule has 1 amide bonds. The third kappa shape index (κ3) is 2.52. The number of ether oxygens (including phenoxy) is 2. The number of benzene rings is 1. The van der Waals surface area contributed by atoms with Crippen molar-refractivity contribution >= 4 is 11.7 Å². The van der Waals surface area contributed by atoms with E-state index in [0.29, 0.717) is 30.0 Å². The molecule has 1 unspecified atom stereocenters. The lowest BCUT2D eigenvalue weighted by Crippen LogP contribution is -2.26. The van der Waals surface area contributed by atoms with Crippen LogP contribution in [0.25, 0.3) is 0 Å². The first-order valence-corrected chi connectivity index (χ1v) is 6.31. The molecule has 0 saturated carbocycles. The van der Waals surface area contributed by atoms with Crippen molar-refractivity contribution in [3.63, 3.8) is 0 Å². The van der Waals surface area contributed by atoms with Gasteiger partial charge in [0.15, 0.2) is 5.78 Å². The van der Waals surface area contributed by atoms with E-state index in [1.54, 1.807) is 18.2 Å². The fourth-order valence-electron chi connectivity index (χ4n) is 2.28. The number of likely N-dealkylation sites (tertiary alicyclic amines) is 1. The third-order valence-electron chi connectivity index (χ3n) is 3.41. The summed E-state index contributed by atoms with van der Waals surface area (Å²) >= 11 is 0. The summed E-state index contributed by atoms with van der Waals surface area (Å²) in [6.45, 7) is 4.10. The minimum absolute atomic E-state index is 0.202. The zero-order chi connectivity index (χ0) is 14.7. The van der Waals surface area contributed by atoms with Gasteiger partial charge < -0.3 is 14.4 Å². The van der Waals surface area contributed by atoms with Crippen LogP contribution in [0, 0.1) is 5.92 Å². The van der Waals surface area contributed by atoms with Crippen molar-refractivity contribution in [2.75, 3.05) is 20.8 Å². The standard InChI is InChI=1S/C15H17NO4/c1-4-16-6-5-13(15(16)18)14(17)10-7-11(19-2)9-12(8-10)20-3/h4,7-9,13H,1,5-6H2,2-3H3. The highest BCUT2D eigenvalue weighted by Gasteiger charge is 2.36. The normalized spacial score (nSPS) is 18.0. The average Bonchev–Trinajstić information content (AvgIpc) is 2.86. The number of hydrogen-bond donors (Lipinski definition) is 0. The Bertz CT molecular complexity index is 531. The first-order valence-electron chi connectivity index (χ1n) is 6.31. The Kier molecular flexibility index (Phi) is 4.08. The van der Waals surface area contributed by atoms with Gasteiger partial charge in [-0.1, -0.05) is 6.58 Å². The molecule has 1 fully saturated rings. The molecule has 1 aliphatic rings. The fourth-order valence-corrected chi connectivity index (χ4v) is 2.28. The molecule has 0 radical (unpaired) electrons. The van der Waals surface area contributed by atoms with Gasteiger partial charge in [0.25, 0.3) is 0 Å². The molecule has 1 saturated heterocycles. The van der Waals surface area contributed by atoms with Gasteiger partial charge in [0.2, 0.25) is 5.91 Å². The molecule has 1 aromatic carbocycles. The summed E-state index contributed by atoms with van der Waals surface area (Å²) in [6.07, 6.45) is 1.96. The van der Waals surface area contributed by atoms with Gasteiger partial charge in [-0.25, -0.2) is 0 Å². The second-order valence-electron chi connectivity index (χ2n) is 4.52. The molecule has 1 aromatic rings. The highest BCUT2D eigenvalue weighted by molar-refractivity contribution is 6.11. The maximum atomic E-state index is 12.5. The maximum absolute atomic E-state index is 12.5. The van der Waals surface area contributed by atoms with Crippen LogP contribution in [0.3, 0.4) is 0 Å². The molecule has 1 heterocycles. The van der Waals surface area contributed by atoms with Crippen LogP contribution >= 0.6 is 0 Å². The Morgan fingerprint density at radius 3 is 2.35 bits per heavy atom. The number of methoxy groups -OCH3 is 2. The topological polar surface area (TPSA) is 55.8 Å². The van der Waals surface area contributed by atoms with E-state index < -0.39 is 5.92 Å². The minimum Gasteiger partial charge on any atom is -0.497 e. The molecule has 1 atom stereocenters. The van der Waals surface area contributed by atoms with Crippen LogP contribution in [-0.4, -0.2) is 37.4 Å². The van der Waals surface area contributed by atoms with E-state index >= 15 is 0 Å². The molecule has 0 aromatic heterocycles. The van der Waals surface area contributed by atoms with Gasteiger partial charge in [-0.3, -0.25) is 9.59 Å². The summed E-state index contributed by atoms with van der Waals surface area (Å²) in [5.41, 5.74) is 0.422. The van der Waals surface area contributed by atoms with Crippen molar-refractivity contribution in [2.45, 2.75) is 6.42 Å². The number of rotatable bonds is 5. The molecule has 0 bridgehead atoms. The van der Waals surface area contributed by atoms with Crippen molar-refractivity contribution in [3.8, 4) is 11.5 Å². The quantitative estimate of drug-likeness (QED) is 0.608. The molecular formula is C15H17NO4. The molecular weight excluding hydrogens is 258 g/mol. The molecule has 0 aliphatic carbocycles. The van der Waals surface area contributed by atoms with Gasteiger partial charge in [0.1, 0.15) is 17.4 Å². The Hall–Kier alpha value is -2.30. The maximum Gasteiger partial charge on any atom is 0.237 e. The lowest BCUT2D eigenvalue weighted by Gasteiger charge is -2.12. The van der Waals surface area contributed by atoms with Crippen LogP contribution in [0.2, 0.25) is 0 Å². The Morgan fingerprint density at radius 1 is 1.30 bits per heavy atom. The number of carbonyl (C=O) groups excluding carboxylic acids is 2. The average molecular weight is 275 g/mol. The van der Waals surface area contributed by atoms with Gasteiger partial charge in [0.05, 0.1) is 14.2 Å². The summed E-state index contributed by atoms with van der Waals surface area (Å²) in [5.74, 6) is -0.00871. The number of nitrogens with zero attached hydrogens (tertiary/aromatic N) is 1. The largest absolute Gasteiger partial charge is 0.497 e. The van der Waals surface area contributed by atoms with Gasteiger partial charge in [-0.2, -0.15) is 0 Å². The second kappa shape index (κ2) is 5.77. The predicted molar refractivity (Wildman–Crippen MR) is 73.9 cm³/mol. The van der Waals surface area contributed by atoms with E-state index in [4.69, 9.17) is 9.47 Å². The van der Waals surface area contributed by atoms with Crippen molar-refractivity contribution in [1.82, 2.24) is 4.90 Å². The molecule has 5 heteroatoms. The van der Waals surface area contributed by atoms with Gasteiger partial charge in [-0.15, -0.1) is 0 Å². The SMILES string of the molecule is C=CN1CCC(C(=O)c2cc(OC)cc(OC)c2)C1=O. The fraction of sp³-hybridized carbons (Fsp3) is 0.333. The number of amides is 1. The summed E-state index contributed by atoms with van der Waals surface area (Å²) in [6, 6.07) is 4.92. The highest BCUT2D eigenvalue weighted by Crippen LogP contribution is 2.27. The van der Waals surface area contributed by atoms with Gasteiger partial charge >= 0.3 is 0 Å². The molecule has 106 valence electrons. The van der Waals surface area contributed by atoms with Crippen molar-refractivity contribution in [1.29, 1.82) is 0 Å². The molecule has 5 nitrogen and oxygen atoms in total. The van der Waals surface area contributed by atoms with Gasteiger partial charge in [0, 0.05) is 18.2 Å². The zero-order valence-electron chi connectivity index (χ0n) is 11.6. The number of hydrogen-bond acceptors (Lipinski definition) is 4. The van der Waals surface area contributed by atoms with Crippen LogP contribution < -0.4 is 9.47 Å². The summed E-state index contributed by atoms with van der Waals surface area (Å²) in [4.78, 5) is 26.0. The Morgan fingerprint density at radius 2 is 1.90 bits per heavy atom. The van der Waals surface area contributed by atoms with E-state index in [1.165, 1.54) is 25.3 Å². The molecule has 2 rings (SSSR count). The molecule has 0 N–H and O–H groups in total. The summed E-state index contributed by atoms with van der Waals surface area (Å²) in [5, 5.41) is 0. The Balaban J connectivity index is 2.29. The predicted octanol–water partition coefficient (Wildman–Crippen LogP) is 1.88. The van der Waals surface area contributed by atoms with Crippen LogP contribution in [-0.2, 0) is 4.79 Å². The summed E-state index contributed by atoms with van der Waals surface area (Å²) < 4.78 is 10.3. The van der Waals surface area contributed by atoms with Crippen LogP contribution in [0.15, 0.2) is 31.0 Å². The van der Waals surface area contributed by atoms with E-state index in [-0.39, 0.29) is 11.7 Å². The number of Topliss-reactive ketones (excluding diaryl/α,β-unsaturated/α-hetero) is 1. The lowest BCUT2D eigenvalue weighted by molar-refractivity contribution is -0.127. The Labute approximate surface area is 117 Å². The number of carbonyl (C=O) groups is 2. The van der Waals surface area contributed by atoms with E-state index in [9.17, 15) is 9.59 Å². The smallest absolute Gasteiger partial charge is 0.237 e. The minimum atomic E-state index is -0.648. The molecule has 0 spiro atoms. The molecule has 20 heavy (non-hydrogen) atoms. The van der Waals surface area contributed by atoms with Crippen LogP contribution in [0.5, 0.6) is 11.5 Å². The van der Waals surface area contributed by atoms with Crippen molar-refractivity contribution in [3.05, 3.63) is 36.5 Å². The first kappa shape index (κ1) is 14.1. The zero-order valence-corrected chi connectivity index (χ0v) is 11.6. The first-order chi connectivity index (χ1) is 9.60. The van der Waals surface area contributed by atoms with E-state index in [2.05, 4.69) is 6.58 Å². The van der Waals surface area contributed by atoms with Crippen LogP contribution in [0.4, 0.5) is 0 Å². The lowest BCUT2D eigenvalue weighted by atomic mass is 9.96. The molecule has 1 aliphatic heterocycles. The second-order valence-corrected chi connectivity index (χ2v) is 4.52. The van der Waals surface area contributed by atoms with E-state index in [1.807, 2.05) is 0 Å².